The van der Waals surface area contributed by atoms with Gasteiger partial charge in [0.25, 0.3) is 0 Å². The number of thiol groups is 1. The number of hydrogen-bond acceptors (Lipinski definition) is 14. The van der Waals surface area contributed by atoms with E-state index >= 15 is 0 Å². The number of carbonyl (C=O) groups excluding carboxylic acids is 4. The number of hydrogen-bond donors (Lipinski definition) is 3. The largest absolute Gasteiger partial charge is 0.496 e. The van der Waals surface area contributed by atoms with Gasteiger partial charge in [-0.15, -0.1) is 5.10 Å². The number of carbonyl (C=O) groups is 4. The summed E-state index contributed by atoms with van der Waals surface area (Å²) in [5.74, 6) is -1.58. The van der Waals surface area contributed by atoms with Crippen LogP contribution in [0.25, 0.3) is 22.0 Å². The van der Waals surface area contributed by atoms with Gasteiger partial charge in [-0.05, 0) is 30.4 Å². The van der Waals surface area contributed by atoms with Crippen molar-refractivity contribution in [1.82, 2.24) is 25.2 Å². The summed E-state index contributed by atoms with van der Waals surface area (Å²) < 4.78 is 30.6. The Hall–Kier alpha value is -4.25. The smallest absolute Gasteiger partial charge is 0.325 e. The molecule has 1 fully saturated rings. The lowest BCUT2D eigenvalue weighted by molar-refractivity contribution is -0.274. The zero-order valence-electron chi connectivity index (χ0n) is 25.8. The summed E-state index contributed by atoms with van der Waals surface area (Å²) in [5.41, 5.74) is 1.32. The van der Waals surface area contributed by atoms with E-state index < -0.39 is 54.5 Å². The maximum atomic E-state index is 12.2. The van der Waals surface area contributed by atoms with Gasteiger partial charge >= 0.3 is 17.9 Å². The van der Waals surface area contributed by atoms with Crippen molar-refractivity contribution < 1.29 is 47.7 Å². The van der Waals surface area contributed by atoms with Gasteiger partial charge in [0, 0.05) is 44.7 Å². The van der Waals surface area contributed by atoms with Crippen LogP contribution in [0.2, 0.25) is 0 Å². The molecule has 1 saturated heterocycles. The molecule has 248 valence electrons. The summed E-state index contributed by atoms with van der Waals surface area (Å²) in [4.78, 5) is 54.8. The summed E-state index contributed by atoms with van der Waals surface area (Å²) in [6.45, 7) is 3.84. The molecule has 3 unspecified atom stereocenters. The minimum absolute atomic E-state index is 0.0165. The third-order valence-electron chi connectivity index (χ3n) is 7.08. The molecular formula is C30H37N5O10S. The van der Waals surface area contributed by atoms with E-state index in [0.717, 1.165) is 16.3 Å². The molecule has 0 saturated carbocycles. The highest BCUT2D eigenvalue weighted by molar-refractivity contribution is 7.77. The molecule has 3 aromatic rings. The Kier molecular flexibility index (Phi) is 12.3. The fourth-order valence-electron chi connectivity index (χ4n) is 5.22. The first-order valence-electron chi connectivity index (χ1n) is 14.5. The van der Waals surface area contributed by atoms with Gasteiger partial charge in [-0.25, -0.2) is 4.68 Å². The number of fused-ring (bicyclic) bond motifs is 1. The first-order valence-corrected chi connectivity index (χ1v) is 15.0. The average Bonchev–Trinajstić information content (AvgIpc) is 3.47. The van der Waals surface area contributed by atoms with Crippen LogP contribution in [0.4, 0.5) is 0 Å². The van der Waals surface area contributed by atoms with Crippen LogP contribution in [0.3, 0.4) is 0 Å². The van der Waals surface area contributed by atoms with Gasteiger partial charge in [0.05, 0.1) is 19.9 Å². The van der Waals surface area contributed by atoms with Crippen molar-refractivity contribution in [3.8, 4) is 17.0 Å². The van der Waals surface area contributed by atoms with Gasteiger partial charge in [-0.1, -0.05) is 47.2 Å². The van der Waals surface area contributed by atoms with Gasteiger partial charge < -0.3 is 33.8 Å². The van der Waals surface area contributed by atoms with E-state index in [1.807, 2.05) is 41.3 Å². The lowest BCUT2D eigenvalue weighted by Gasteiger charge is -2.45. The summed E-state index contributed by atoms with van der Waals surface area (Å²) in [7, 11) is 1.60. The van der Waals surface area contributed by atoms with E-state index in [4.69, 9.17) is 23.7 Å². The van der Waals surface area contributed by atoms with Crippen LogP contribution < -0.4 is 14.9 Å². The number of rotatable bonds is 14. The van der Waals surface area contributed by atoms with Gasteiger partial charge in [0.2, 0.25) is 5.91 Å². The number of amides is 1. The molecule has 2 heterocycles. The van der Waals surface area contributed by atoms with Crippen LogP contribution in [-0.2, 0) is 49.5 Å². The Labute approximate surface area is 270 Å². The molecule has 15 nitrogen and oxygen atoms in total. The van der Waals surface area contributed by atoms with E-state index in [1.54, 1.807) is 13.3 Å². The van der Waals surface area contributed by atoms with Crippen molar-refractivity contribution in [3.63, 3.8) is 0 Å². The van der Waals surface area contributed by atoms with E-state index in [0.29, 0.717) is 24.3 Å². The molecule has 2 N–H and O–H groups in total. The Balaban J connectivity index is 1.59. The van der Waals surface area contributed by atoms with Crippen molar-refractivity contribution >= 4 is 47.4 Å². The molecule has 1 aromatic heterocycles. The van der Waals surface area contributed by atoms with Crippen LogP contribution >= 0.6 is 12.8 Å². The number of nitrogens with zero attached hydrogens (tertiary/aromatic N) is 3. The number of ether oxygens (including phenoxy) is 5. The molecular weight excluding hydrogens is 622 g/mol. The Morgan fingerprint density at radius 1 is 1.02 bits per heavy atom. The van der Waals surface area contributed by atoms with Gasteiger partial charge in [0.1, 0.15) is 23.6 Å². The molecule has 0 bridgehead atoms. The Morgan fingerprint density at radius 3 is 2.46 bits per heavy atom. The second kappa shape index (κ2) is 16.4. The first-order chi connectivity index (χ1) is 22.1. The molecule has 46 heavy (non-hydrogen) atoms. The van der Waals surface area contributed by atoms with Crippen molar-refractivity contribution in [2.45, 2.75) is 77.2 Å². The highest BCUT2D eigenvalue weighted by atomic mass is 32.1. The third kappa shape index (κ3) is 9.15. The van der Waals surface area contributed by atoms with E-state index in [-0.39, 0.29) is 19.6 Å². The average molecular weight is 660 g/mol. The third-order valence-corrected chi connectivity index (χ3v) is 7.17. The molecule has 0 radical (unpaired) electrons. The molecule has 1 amide bonds. The maximum absolute atomic E-state index is 12.2. The van der Waals surface area contributed by atoms with Crippen molar-refractivity contribution in [2.75, 3.05) is 13.7 Å². The number of benzene rings is 2. The fourth-order valence-corrected chi connectivity index (χ4v) is 5.32. The standard InChI is InChI=1S/C30H37N5O10S/c1-17(36)31-27-29(43-19(3)38)28(42-18(2)37)25(44-30(27)41-12-8-7-11-26(39)45-34-46)16-35-15-23(32-33-35)21-13-20-9-5-6-10-22(20)24(14-21)40-4/h5-6,9-10,13-15,25,27-30,34,46H,7-8,11-12,16H2,1-4H3,(H,31,36)/t25?,27?,28-,29?,30+/m0/s1. The number of methoxy groups -OCH3 is 1. The van der Waals surface area contributed by atoms with E-state index in [1.165, 1.54) is 25.5 Å². The quantitative estimate of drug-likeness (QED) is 0.0756. The summed E-state index contributed by atoms with van der Waals surface area (Å²) >= 11 is 3.62. The number of unbranched alkanes of at least 4 members (excludes halogenated alkanes) is 1. The zero-order valence-corrected chi connectivity index (χ0v) is 26.7. The van der Waals surface area contributed by atoms with Crippen molar-refractivity contribution in [2.24, 2.45) is 0 Å². The summed E-state index contributed by atoms with van der Waals surface area (Å²) in [5, 5.41) is 13.2. The van der Waals surface area contributed by atoms with Crippen molar-refractivity contribution in [3.05, 3.63) is 42.6 Å². The SMILES string of the molecule is COc1cc(-c2cn(CC3O[C@@H](OCCCCC(=O)ONS)C(NC(C)=O)C(OC(C)=O)[C@H]3OC(C)=O)nn2)cc2ccccc12. The number of esters is 2. The zero-order chi connectivity index (χ0) is 33.2. The second-order valence-electron chi connectivity index (χ2n) is 10.5. The molecule has 1 aliphatic rings. The van der Waals surface area contributed by atoms with Crippen molar-refractivity contribution in [1.29, 1.82) is 0 Å². The lowest BCUT2D eigenvalue weighted by Crippen LogP contribution is -2.66. The molecule has 4 rings (SSSR count). The number of nitrogens with one attached hydrogen (secondary N) is 2. The van der Waals surface area contributed by atoms with Crippen LogP contribution in [0, 0.1) is 0 Å². The predicted molar refractivity (Wildman–Crippen MR) is 165 cm³/mol. The van der Waals surface area contributed by atoms with Crippen LogP contribution in [0.5, 0.6) is 5.75 Å². The summed E-state index contributed by atoms with van der Waals surface area (Å²) in [6, 6.07) is 10.6. The lowest BCUT2D eigenvalue weighted by atomic mass is 9.95. The van der Waals surface area contributed by atoms with Gasteiger partial charge in [0.15, 0.2) is 18.5 Å². The van der Waals surface area contributed by atoms with Crippen LogP contribution in [-0.4, -0.2) is 83.2 Å². The van der Waals surface area contributed by atoms with Crippen LogP contribution in [0.1, 0.15) is 40.0 Å². The maximum Gasteiger partial charge on any atom is 0.325 e. The molecule has 1 aliphatic heterocycles. The highest BCUT2D eigenvalue weighted by Gasteiger charge is 2.51. The van der Waals surface area contributed by atoms with Gasteiger partial charge in [-0.3, -0.25) is 19.2 Å². The molecule has 0 aliphatic carbocycles. The van der Waals surface area contributed by atoms with Crippen LogP contribution in [0.15, 0.2) is 42.6 Å². The predicted octanol–water partition coefficient (Wildman–Crippen LogP) is 2.28. The molecule has 5 atom stereocenters. The monoisotopic (exact) mass is 659 g/mol. The molecule has 2 aromatic carbocycles. The minimum atomic E-state index is -1.17. The normalized spacial score (nSPS) is 20.9. The van der Waals surface area contributed by atoms with Gasteiger partial charge in [-0.2, -0.15) is 0 Å². The van der Waals surface area contributed by atoms with E-state index in [2.05, 4.69) is 33.3 Å². The highest BCUT2D eigenvalue weighted by Crippen LogP contribution is 2.32. The Morgan fingerprint density at radius 2 is 1.76 bits per heavy atom. The topological polar surface area (TPSA) is 178 Å². The van der Waals surface area contributed by atoms with E-state index in [9.17, 15) is 19.2 Å². The Bertz CT molecular complexity index is 1530. The minimum Gasteiger partial charge on any atom is -0.496 e. The fraction of sp³-hybridized carbons (Fsp3) is 0.467. The first kappa shape index (κ1) is 34.6. The molecule has 16 heteroatoms. The second-order valence-corrected chi connectivity index (χ2v) is 10.7. The summed E-state index contributed by atoms with van der Waals surface area (Å²) in [6.07, 6.45) is -1.69. The number of aromatic nitrogens is 3. The molecule has 0 spiro atoms.